The lowest BCUT2D eigenvalue weighted by molar-refractivity contribution is 0.239. The van der Waals surface area contributed by atoms with Crippen molar-refractivity contribution in [1.82, 2.24) is 4.90 Å². The Bertz CT molecular complexity index is 377. The zero-order valence-corrected chi connectivity index (χ0v) is 9.29. The molecule has 1 aromatic carbocycles. The molecule has 16 heavy (non-hydrogen) atoms. The van der Waals surface area contributed by atoms with Crippen molar-refractivity contribution in [1.29, 1.82) is 0 Å². The molecule has 0 aliphatic heterocycles. The van der Waals surface area contributed by atoms with Gasteiger partial charge in [0.15, 0.2) is 11.6 Å². The van der Waals surface area contributed by atoms with Crippen LogP contribution >= 0.6 is 0 Å². The average Bonchev–Trinajstić information content (AvgIpc) is 3.07. The minimum absolute atomic E-state index is 0.0254. The largest absolute Gasteiger partial charge is 0.329 e. The van der Waals surface area contributed by atoms with E-state index in [1.807, 2.05) is 7.05 Å². The Balaban J connectivity index is 2.21. The van der Waals surface area contributed by atoms with Crippen LogP contribution in [0.5, 0.6) is 0 Å². The fourth-order valence-electron chi connectivity index (χ4n) is 1.99. The second-order valence-electron chi connectivity index (χ2n) is 4.32. The van der Waals surface area contributed by atoms with Gasteiger partial charge in [0, 0.05) is 18.6 Å². The minimum atomic E-state index is -0.811. The standard InChI is InChI=1S/C12H16F2N2/c1-16(9-3-4-9)12(7-15)8-2-5-10(13)11(14)6-8/h2,5-6,9,12H,3-4,7,15H2,1H3. The van der Waals surface area contributed by atoms with Crippen LogP contribution in [-0.2, 0) is 0 Å². The maximum Gasteiger partial charge on any atom is 0.159 e. The third kappa shape index (κ3) is 2.23. The number of hydrogen-bond acceptors (Lipinski definition) is 2. The van der Waals surface area contributed by atoms with E-state index in [1.54, 1.807) is 6.07 Å². The lowest BCUT2D eigenvalue weighted by atomic mass is 10.1. The first-order chi connectivity index (χ1) is 7.63. The minimum Gasteiger partial charge on any atom is -0.329 e. The lowest BCUT2D eigenvalue weighted by Crippen LogP contribution is -2.32. The quantitative estimate of drug-likeness (QED) is 0.851. The van der Waals surface area contributed by atoms with E-state index in [9.17, 15) is 8.78 Å². The van der Waals surface area contributed by atoms with Crippen LogP contribution in [0, 0.1) is 11.6 Å². The number of likely N-dealkylation sites (N-methyl/N-ethyl adjacent to an activating group) is 1. The number of halogens is 2. The molecule has 0 spiro atoms. The van der Waals surface area contributed by atoms with Gasteiger partial charge in [0.05, 0.1) is 0 Å². The van der Waals surface area contributed by atoms with Gasteiger partial charge < -0.3 is 5.73 Å². The third-order valence-corrected chi connectivity index (χ3v) is 3.17. The summed E-state index contributed by atoms with van der Waals surface area (Å²) < 4.78 is 25.9. The molecule has 2 rings (SSSR count). The monoisotopic (exact) mass is 226 g/mol. The van der Waals surface area contributed by atoms with E-state index in [0.29, 0.717) is 12.6 Å². The Kier molecular flexibility index (Phi) is 3.21. The Labute approximate surface area is 94.0 Å². The molecular weight excluding hydrogens is 210 g/mol. The summed E-state index contributed by atoms with van der Waals surface area (Å²) in [7, 11) is 1.98. The van der Waals surface area contributed by atoms with Crippen molar-refractivity contribution in [2.24, 2.45) is 5.73 Å². The summed E-state index contributed by atoms with van der Waals surface area (Å²) in [6.07, 6.45) is 2.33. The van der Waals surface area contributed by atoms with Gasteiger partial charge in [-0.15, -0.1) is 0 Å². The van der Waals surface area contributed by atoms with Gasteiger partial charge in [0.2, 0.25) is 0 Å². The first kappa shape index (κ1) is 11.5. The molecule has 0 heterocycles. The van der Waals surface area contributed by atoms with Crippen LogP contribution in [0.4, 0.5) is 8.78 Å². The fraction of sp³-hybridized carbons (Fsp3) is 0.500. The summed E-state index contributed by atoms with van der Waals surface area (Å²) in [6.45, 7) is 0.415. The molecule has 0 aromatic heterocycles. The molecule has 0 amide bonds. The van der Waals surface area contributed by atoms with Crippen molar-refractivity contribution in [3.8, 4) is 0 Å². The molecule has 2 nitrogen and oxygen atoms in total. The second-order valence-corrected chi connectivity index (χ2v) is 4.32. The molecule has 4 heteroatoms. The maximum atomic E-state index is 13.1. The van der Waals surface area contributed by atoms with Gasteiger partial charge in [-0.1, -0.05) is 6.07 Å². The zero-order chi connectivity index (χ0) is 11.7. The van der Waals surface area contributed by atoms with Crippen molar-refractivity contribution < 1.29 is 8.78 Å². The molecule has 88 valence electrons. The highest BCUT2D eigenvalue weighted by molar-refractivity contribution is 5.22. The molecule has 1 aliphatic rings. The number of hydrogen-bond donors (Lipinski definition) is 1. The predicted molar refractivity (Wildman–Crippen MR) is 58.9 cm³/mol. The SMILES string of the molecule is CN(C1CC1)C(CN)c1ccc(F)c(F)c1. The van der Waals surface area contributed by atoms with E-state index < -0.39 is 11.6 Å². The molecule has 0 bridgehead atoms. The topological polar surface area (TPSA) is 29.3 Å². The molecule has 1 aromatic rings. The Morgan fingerprint density at radius 1 is 1.38 bits per heavy atom. The highest BCUT2D eigenvalue weighted by Gasteiger charge is 2.31. The molecule has 1 unspecified atom stereocenters. The Morgan fingerprint density at radius 2 is 2.06 bits per heavy atom. The van der Waals surface area contributed by atoms with Gasteiger partial charge in [-0.25, -0.2) is 8.78 Å². The van der Waals surface area contributed by atoms with Crippen molar-refractivity contribution in [2.75, 3.05) is 13.6 Å². The van der Waals surface area contributed by atoms with Gasteiger partial charge in [0.1, 0.15) is 0 Å². The van der Waals surface area contributed by atoms with Gasteiger partial charge in [-0.2, -0.15) is 0 Å². The first-order valence-corrected chi connectivity index (χ1v) is 5.50. The fourth-order valence-corrected chi connectivity index (χ4v) is 1.99. The molecular formula is C12H16F2N2. The smallest absolute Gasteiger partial charge is 0.159 e. The Morgan fingerprint density at radius 3 is 2.56 bits per heavy atom. The number of nitrogens with zero attached hydrogens (tertiary/aromatic N) is 1. The summed E-state index contributed by atoms with van der Waals surface area (Å²) in [5.41, 5.74) is 6.45. The number of rotatable bonds is 4. The summed E-state index contributed by atoms with van der Waals surface area (Å²) in [6, 6.07) is 4.53. The number of benzene rings is 1. The van der Waals surface area contributed by atoms with Crippen LogP contribution < -0.4 is 5.73 Å². The summed E-state index contributed by atoms with van der Waals surface area (Å²) in [5, 5.41) is 0. The third-order valence-electron chi connectivity index (χ3n) is 3.17. The summed E-state index contributed by atoms with van der Waals surface area (Å²) in [4.78, 5) is 2.15. The van der Waals surface area contributed by atoms with Gasteiger partial charge in [-0.05, 0) is 37.6 Å². The van der Waals surface area contributed by atoms with Crippen LogP contribution in [0.15, 0.2) is 18.2 Å². The normalized spacial score (nSPS) is 17.8. The van der Waals surface area contributed by atoms with Gasteiger partial charge in [-0.3, -0.25) is 4.90 Å². The summed E-state index contributed by atoms with van der Waals surface area (Å²) >= 11 is 0. The van der Waals surface area contributed by atoms with Crippen molar-refractivity contribution in [2.45, 2.75) is 24.9 Å². The number of nitrogens with two attached hydrogens (primary N) is 1. The summed E-state index contributed by atoms with van der Waals surface area (Å²) in [5.74, 6) is -1.62. The van der Waals surface area contributed by atoms with Crippen LogP contribution in [0.25, 0.3) is 0 Å². The van der Waals surface area contributed by atoms with Crippen LogP contribution in [0.3, 0.4) is 0 Å². The highest BCUT2D eigenvalue weighted by Crippen LogP contribution is 2.32. The molecule has 1 atom stereocenters. The van der Waals surface area contributed by atoms with Crippen LogP contribution in [-0.4, -0.2) is 24.5 Å². The Hall–Kier alpha value is -1.00. The zero-order valence-electron chi connectivity index (χ0n) is 9.29. The first-order valence-electron chi connectivity index (χ1n) is 5.50. The van der Waals surface area contributed by atoms with Crippen LogP contribution in [0.1, 0.15) is 24.4 Å². The van der Waals surface area contributed by atoms with Crippen LogP contribution in [0.2, 0.25) is 0 Å². The predicted octanol–water partition coefficient (Wildman–Crippen LogP) is 2.06. The molecule has 1 aliphatic carbocycles. The lowest BCUT2D eigenvalue weighted by Gasteiger charge is -2.27. The van der Waals surface area contributed by atoms with E-state index >= 15 is 0 Å². The van der Waals surface area contributed by atoms with E-state index in [1.165, 1.54) is 6.07 Å². The molecule has 1 saturated carbocycles. The van der Waals surface area contributed by atoms with Crippen molar-refractivity contribution in [3.05, 3.63) is 35.4 Å². The molecule has 0 saturated heterocycles. The van der Waals surface area contributed by atoms with E-state index in [0.717, 1.165) is 24.5 Å². The van der Waals surface area contributed by atoms with E-state index in [2.05, 4.69) is 4.90 Å². The van der Waals surface area contributed by atoms with Crippen molar-refractivity contribution in [3.63, 3.8) is 0 Å². The van der Waals surface area contributed by atoms with E-state index in [4.69, 9.17) is 5.73 Å². The maximum absolute atomic E-state index is 13.1. The second kappa shape index (κ2) is 4.47. The molecule has 1 fully saturated rings. The van der Waals surface area contributed by atoms with Gasteiger partial charge in [0.25, 0.3) is 0 Å². The highest BCUT2D eigenvalue weighted by atomic mass is 19.2. The van der Waals surface area contributed by atoms with Gasteiger partial charge >= 0.3 is 0 Å². The van der Waals surface area contributed by atoms with E-state index in [-0.39, 0.29) is 6.04 Å². The van der Waals surface area contributed by atoms with Crippen molar-refractivity contribution >= 4 is 0 Å². The molecule has 0 radical (unpaired) electrons. The average molecular weight is 226 g/mol. The molecule has 2 N–H and O–H groups in total.